The number of halogens is 3. The van der Waals surface area contributed by atoms with E-state index in [1.54, 1.807) is 16.4 Å². The second-order valence-electron chi connectivity index (χ2n) is 10.9. The van der Waals surface area contributed by atoms with Gasteiger partial charge in [0, 0.05) is 31.7 Å². The Hall–Kier alpha value is -2.72. The van der Waals surface area contributed by atoms with E-state index >= 15 is 0 Å². The first-order valence-electron chi connectivity index (χ1n) is 13.1. The zero-order valence-corrected chi connectivity index (χ0v) is 22.8. The predicted octanol–water partition coefficient (Wildman–Crippen LogP) is 5.61. The Kier molecular flexibility index (Phi) is 7.39. The third-order valence-corrected chi connectivity index (χ3v) is 9.95. The molecule has 0 amide bonds. The topological polar surface area (TPSA) is 60.9 Å². The monoisotopic (exact) mass is 558 g/mol. The molecular weight excluding hydrogens is 525 g/mol. The SMILES string of the molecule is Cc1cc(CN2CC3CCC(C2)N3S(=O)(=O)Cc2ccccc2)ccc1-c1ccc(C(C)(O)C(F)(F)F)cc1. The molecule has 0 radical (unpaired) electrons. The van der Waals surface area contributed by atoms with Crippen LogP contribution in [0.1, 0.15) is 42.0 Å². The van der Waals surface area contributed by atoms with Crippen molar-refractivity contribution in [2.24, 2.45) is 0 Å². The van der Waals surface area contributed by atoms with Crippen LogP contribution in [0.5, 0.6) is 0 Å². The number of nitrogens with zero attached hydrogens (tertiary/aromatic N) is 2. The molecule has 3 aromatic carbocycles. The molecule has 5 nitrogen and oxygen atoms in total. The van der Waals surface area contributed by atoms with Gasteiger partial charge >= 0.3 is 6.18 Å². The molecule has 3 aromatic rings. The maximum Gasteiger partial charge on any atom is 0.421 e. The summed E-state index contributed by atoms with van der Waals surface area (Å²) >= 11 is 0. The number of rotatable bonds is 7. The van der Waals surface area contributed by atoms with Crippen LogP contribution in [0.2, 0.25) is 0 Å². The molecule has 3 unspecified atom stereocenters. The van der Waals surface area contributed by atoms with Gasteiger partial charge in [-0.1, -0.05) is 72.8 Å². The minimum Gasteiger partial charge on any atom is -0.376 e. The van der Waals surface area contributed by atoms with Crippen molar-refractivity contribution in [3.63, 3.8) is 0 Å². The van der Waals surface area contributed by atoms with Gasteiger partial charge in [0.05, 0.1) is 5.75 Å². The summed E-state index contributed by atoms with van der Waals surface area (Å²) < 4.78 is 67.8. The van der Waals surface area contributed by atoms with Crippen LogP contribution in [-0.4, -0.2) is 54.1 Å². The van der Waals surface area contributed by atoms with Crippen LogP contribution in [0, 0.1) is 6.92 Å². The fourth-order valence-corrected chi connectivity index (χ4v) is 7.95. The van der Waals surface area contributed by atoms with Crippen molar-refractivity contribution in [1.82, 2.24) is 9.21 Å². The molecule has 3 atom stereocenters. The lowest BCUT2D eigenvalue weighted by molar-refractivity contribution is -0.258. The highest BCUT2D eigenvalue weighted by Crippen LogP contribution is 2.39. The van der Waals surface area contributed by atoms with Crippen molar-refractivity contribution in [3.8, 4) is 11.1 Å². The lowest BCUT2D eigenvalue weighted by Gasteiger charge is -2.40. The summed E-state index contributed by atoms with van der Waals surface area (Å²) in [6.07, 6.45) is -3.03. The van der Waals surface area contributed by atoms with Crippen LogP contribution >= 0.6 is 0 Å². The van der Waals surface area contributed by atoms with E-state index in [2.05, 4.69) is 11.0 Å². The first kappa shape index (κ1) is 27.8. The summed E-state index contributed by atoms with van der Waals surface area (Å²) in [7, 11) is -3.40. The Morgan fingerprint density at radius 1 is 0.897 bits per heavy atom. The fraction of sp³-hybridized carbons (Fsp3) is 0.400. The normalized spacial score (nSPS) is 22.1. The van der Waals surface area contributed by atoms with Gasteiger partial charge in [-0.15, -0.1) is 0 Å². The van der Waals surface area contributed by atoms with E-state index in [-0.39, 0.29) is 23.4 Å². The van der Waals surface area contributed by atoms with Gasteiger partial charge in [0.25, 0.3) is 0 Å². The first-order chi connectivity index (χ1) is 18.3. The van der Waals surface area contributed by atoms with Crippen molar-refractivity contribution < 1.29 is 26.7 Å². The second kappa shape index (κ2) is 10.4. The molecule has 2 bridgehead atoms. The largest absolute Gasteiger partial charge is 0.421 e. The summed E-state index contributed by atoms with van der Waals surface area (Å²) in [4.78, 5) is 2.32. The molecule has 2 aliphatic heterocycles. The third-order valence-electron chi connectivity index (χ3n) is 8.01. The molecular formula is C30H33F3N2O3S. The second-order valence-corrected chi connectivity index (χ2v) is 12.8. The van der Waals surface area contributed by atoms with E-state index in [0.29, 0.717) is 19.6 Å². The zero-order chi connectivity index (χ0) is 28.0. The van der Waals surface area contributed by atoms with Gasteiger partial charge in [0.2, 0.25) is 10.0 Å². The number of hydrogen-bond acceptors (Lipinski definition) is 4. The van der Waals surface area contributed by atoms with Crippen molar-refractivity contribution >= 4 is 10.0 Å². The van der Waals surface area contributed by atoms with Crippen molar-refractivity contribution in [1.29, 1.82) is 0 Å². The minimum absolute atomic E-state index is 0.0229. The number of piperazine rings is 1. The Bertz CT molecular complexity index is 1410. The maximum atomic E-state index is 13.3. The number of alkyl halides is 3. The molecule has 0 saturated carbocycles. The Morgan fingerprint density at radius 2 is 1.51 bits per heavy atom. The van der Waals surface area contributed by atoms with Crippen molar-refractivity contribution in [2.45, 2.75) is 62.8 Å². The Morgan fingerprint density at radius 3 is 2.08 bits per heavy atom. The van der Waals surface area contributed by atoms with Gasteiger partial charge in [-0.05, 0) is 60.1 Å². The molecule has 208 valence electrons. The standard InChI is InChI=1S/C30H33F3N2O3S/c1-21-16-23(8-15-28(21)24-9-11-25(12-10-24)29(2,36)30(31,32)33)17-34-18-26-13-14-27(19-34)35(26)39(37,38)20-22-6-4-3-5-7-22/h3-12,15-16,26-27,36H,13-14,17-20H2,1-2H3. The zero-order valence-electron chi connectivity index (χ0n) is 22.0. The predicted molar refractivity (Wildman–Crippen MR) is 145 cm³/mol. The van der Waals surface area contributed by atoms with E-state index in [9.17, 15) is 26.7 Å². The van der Waals surface area contributed by atoms with E-state index in [1.807, 2.05) is 49.4 Å². The molecule has 0 aliphatic carbocycles. The molecule has 5 rings (SSSR count). The van der Waals surface area contributed by atoms with Gasteiger partial charge < -0.3 is 5.11 Å². The first-order valence-corrected chi connectivity index (χ1v) is 14.7. The number of benzene rings is 3. The van der Waals surface area contributed by atoms with Crippen molar-refractivity contribution in [3.05, 3.63) is 95.1 Å². The van der Waals surface area contributed by atoms with Crippen LogP contribution in [-0.2, 0) is 27.9 Å². The van der Waals surface area contributed by atoms with Gasteiger partial charge in [0.15, 0.2) is 5.60 Å². The van der Waals surface area contributed by atoms with Gasteiger partial charge in [-0.2, -0.15) is 17.5 Å². The molecule has 2 fully saturated rings. The molecule has 39 heavy (non-hydrogen) atoms. The highest BCUT2D eigenvalue weighted by atomic mass is 32.2. The summed E-state index contributed by atoms with van der Waals surface area (Å²) in [6.45, 7) is 4.80. The highest BCUT2D eigenvalue weighted by molar-refractivity contribution is 7.88. The molecule has 0 aromatic heterocycles. The number of sulfonamides is 1. The van der Waals surface area contributed by atoms with Crippen LogP contribution < -0.4 is 0 Å². The number of aryl methyl sites for hydroxylation is 1. The molecule has 0 spiro atoms. The quantitative estimate of drug-likeness (QED) is 0.410. The number of likely N-dealkylation sites (tertiary alicyclic amines) is 1. The molecule has 9 heteroatoms. The molecule has 2 heterocycles. The van der Waals surface area contributed by atoms with Crippen LogP contribution in [0.4, 0.5) is 13.2 Å². The lowest BCUT2D eigenvalue weighted by Crippen LogP contribution is -2.55. The van der Waals surface area contributed by atoms with Crippen molar-refractivity contribution in [2.75, 3.05) is 13.1 Å². The van der Waals surface area contributed by atoms with Crippen LogP contribution in [0.15, 0.2) is 72.8 Å². The lowest BCUT2D eigenvalue weighted by atomic mass is 9.92. The number of fused-ring (bicyclic) bond motifs is 2. The highest BCUT2D eigenvalue weighted by Gasteiger charge is 2.51. The molecule has 2 saturated heterocycles. The van der Waals surface area contributed by atoms with Crippen LogP contribution in [0.25, 0.3) is 11.1 Å². The number of hydrogen-bond donors (Lipinski definition) is 1. The van der Waals surface area contributed by atoms with E-state index in [0.717, 1.165) is 47.6 Å². The molecule has 1 N–H and O–H groups in total. The average molecular weight is 559 g/mol. The fourth-order valence-electron chi connectivity index (χ4n) is 5.94. The Labute approximate surface area is 227 Å². The molecule has 2 aliphatic rings. The third kappa shape index (κ3) is 5.63. The summed E-state index contributed by atoms with van der Waals surface area (Å²) in [6, 6.07) is 21.2. The minimum atomic E-state index is -4.76. The maximum absolute atomic E-state index is 13.3. The van der Waals surface area contributed by atoms with E-state index in [4.69, 9.17) is 0 Å². The van der Waals surface area contributed by atoms with Gasteiger partial charge in [-0.3, -0.25) is 4.90 Å². The average Bonchev–Trinajstić information content (AvgIpc) is 3.16. The van der Waals surface area contributed by atoms with E-state index < -0.39 is 21.8 Å². The number of aliphatic hydroxyl groups is 1. The summed E-state index contributed by atoms with van der Waals surface area (Å²) in [5, 5.41) is 9.93. The van der Waals surface area contributed by atoms with Gasteiger partial charge in [-0.25, -0.2) is 8.42 Å². The smallest absolute Gasteiger partial charge is 0.376 e. The van der Waals surface area contributed by atoms with Crippen LogP contribution in [0.3, 0.4) is 0 Å². The van der Waals surface area contributed by atoms with Gasteiger partial charge in [0.1, 0.15) is 0 Å². The summed E-state index contributed by atoms with van der Waals surface area (Å²) in [5.41, 5.74) is 1.48. The Balaban J connectivity index is 1.25. The summed E-state index contributed by atoms with van der Waals surface area (Å²) in [5.74, 6) is 0.0240. The van der Waals surface area contributed by atoms with E-state index in [1.165, 1.54) is 12.1 Å².